The van der Waals surface area contributed by atoms with Gasteiger partial charge >= 0.3 is 0 Å². The number of amides is 1. The van der Waals surface area contributed by atoms with Crippen molar-refractivity contribution in [2.75, 3.05) is 18.8 Å². The average Bonchev–Trinajstić information content (AvgIpc) is 2.94. The van der Waals surface area contributed by atoms with E-state index in [4.69, 9.17) is 0 Å². The first-order valence-electron chi connectivity index (χ1n) is 9.97. The van der Waals surface area contributed by atoms with Crippen molar-refractivity contribution in [3.8, 4) is 0 Å². The molecule has 2 aromatic heterocycles. The molecule has 10 heteroatoms. The predicted octanol–water partition coefficient (Wildman–Crippen LogP) is 1.85. The summed E-state index contributed by atoms with van der Waals surface area (Å²) in [4.78, 5) is 35.8. The number of hydrogen-bond acceptors (Lipinski definition) is 6. The Hall–Kier alpha value is -1.78. The third kappa shape index (κ3) is 5.23. The Morgan fingerprint density at radius 2 is 2.00 bits per heavy atom. The summed E-state index contributed by atoms with van der Waals surface area (Å²) in [5, 5.41) is 0.634. The molecular weight excluding hydrogens is 412 g/mol. The van der Waals surface area contributed by atoms with E-state index < -0.39 is 10.0 Å². The van der Waals surface area contributed by atoms with Gasteiger partial charge in [-0.05, 0) is 38.7 Å². The van der Waals surface area contributed by atoms with Gasteiger partial charge in [0.2, 0.25) is 15.9 Å². The number of likely N-dealkylation sites (tertiary alicyclic amines) is 1. The summed E-state index contributed by atoms with van der Waals surface area (Å²) in [6, 6.07) is -0.110. The van der Waals surface area contributed by atoms with Crippen molar-refractivity contribution in [1.82, 2.24) is 19.6 Å². The second-order valence-corrected chi connectivity index (χ2v) is 10.6. The number of carbonyl (C=O) groups excluding carboxylic acids is 1. The molecular formula is C19H28N4O4S2. The van der Waals surface area contributed by atoms with Crippen LogP contribution in [-0.2, 0) is 21.2 Å². The Labute approximate surface area is 174 Å². The van der Waals surface area contributed by atoms with E-state index in [9.17, 15) is 18.0 Å². The minimum Gasteiger partial charge on any atom is -0.343 e. The molecule has 0 radical (unpaired) electrons. The topological polar surface area (TPSA) is 112 Å². The molecule has 1 aliphatic rings. The predicted molar refractivity (Wildman–Crippen MR) is 115 cm³/mol. The van der Waals surface area contributed by atoms with Gasteiger partial charge in [0.15, 0.2) is 0 Å². The van der Waals surface area contributed by atoms with Crippen LogP contribution in [0.3, 0.4) is 0 Å². The molecule has 1 saturated heterocycles. The molecule has 1 aliphatic heterocycles. The molecule has 1 fully saturated rings. The van der Waals surface area contributed by atoms with Crippen molar-refractivity contribution in [3.63, 3.8) is 0 Å². The number of aryl methyl sites for hydroxylation is 3. The summed E-state index contributed by atoms with van der Waals surface area (Å²) in [6.45, 7) is 6.78. The first-order valence-corrected chi connectivity index (χ1v) is 12.4. The van der Waals surface area contributed by atoms with Crippen molar-refractivity contribution in [1.29, 1.82) is 0 Å². The van der Waals surface area contributed by atoms with Crippen molar-refractivity contribution in [3.05, 3.63) is 26.6 Å². The lowest BCUT2D eigenvalue weighted by molar-refractivity contribution is -0.132. The minimum absolute atomic E-state index is 0.00107. The van der Waals surface area contributed by atoms with Gasteiger partial charge in [-0.15, -0.1) is 11.3 Å². The SMILES string of the molecule is CCCS(=O)(=O)NC1CCN(C(=O)CCc2nc3sc(C)c(C)c3c(=O)[nH]2)CC1. The van der Waals surface area contributed by atoms with Crippen LogP contribution in [0.25, 0.3) is 10.2 Å². The maximum Gasteiger partial charge on any atom is 0.259 e. The summed E-state index contributed by atoms with van der Waals surface area (Å²) in [6.07, 6.45) is 2.46. The first kappa shape index (κ1) is 21.9. The zero-order valence-corrected chi connectivity index (χ0v) is 18.7. The number of piperidine rings is 1. The number of fused-ring (bicyclic) bond motifs is 1. The Morgan fingerprint density at radius 1 is 1.31 bits per heavy atom. The van der Waals surface area contributed by atoms with E-state index in [0.29, 0.717) is 54.8 Å². The van der Waals surface area contributed by atoms with Crippen LogP contribution >= 0.6 is 11.3 Å². The first-order chi connectivity index (χ1) is 13.7. The van der Waals surface area contributed by atoms with Gasteiger partial charge in [-0.3, -0.25) is 9.59 Å². The molecule has 29 heavy (non-hydrogen) atoms. The lowest BCUT2D eigenvalue weighted by Crippen LogP contribution is -2.47. The lowest BCUT2D eigenvalue weighted by atomic mass is 10.1. The number of aromatic amines is 1. The average molecular weight is 441 g/mol. The molecule has 8 nitrogen and oxygen atoms in total. The molecule has 160 valence electrons. The molecule has 0 aliphatic carbocycles. The van der Waals surface area contributed by atoms with Gasteiger partial charge in [0, 0.05) is 36.9 Å². The summed E-state index contributed by atoms with van der Waals surface area (Å²) in [5.74, 6) is 0.658. The minimum atomic E-state index is -3.23. The molecule has 0 atom stereocenters. The molecule has 0 unspecified atom stereocenters. The zero-order valence-electron chi connectivity index (χ0n) is 17.1. The fourth-order valence-electron chi connectivity index (χ4n) is 3.63. The highest BCUT2D eigenvalue weighted by atomic mass is 32.2. The molecule has 0 bridgehead atoms. The van der Waals surface area contributed by atoms with Crippen molar-refractivity contribution in [2.45, 2.75) is 58.9 Å². The fraction of sp³-hybridized carbons (Fsp3) is 0.632. The molecule has 3 heterocycles. The van der Waals surface area contributed by atoms with Gasteiger partial charge < -0.3 is 9.88 Å². The maximum absolute atomic E-state index is 12.5. The lowest BCUT2D eigenvalue weighted by Gasteiger charge is -2.32. The maximum atomic E-state index is 12.5. The van der Waals surface area contributed by atoms with Crippen LogP contribution < -0.4 is 10.3 Å². The Morgan fingerprint density at radius 3 is 2.66 bits per heavy atom. The third-order valence-electron chi connectivity index (χ3n) is 5.33. The largest absolute Gasteiger partial charge is 0.343 e. The Bertz CT molecular complexity index is 1050. The smallest absolute Gasteiger partial charge is 0.259 e. The number of carbonyl (C=O) groups is 1. The summed E-state index contributed by atoms with van der Waals surface area (Å²) in [7, 11) is -3.23. The van der Waals surface area contributed by atoms with Gasteiger partial charge in [-0.25, -0.2) is 18.1 Å². The number of hydrogen-bond donors (Lipinski definition) is 2. The monoisotopic (exact) mass is 440 g/mol. The fourth-order valence-corrected chi connectivity index (χ4v) is 6.08. The molecule has 0 aromatic carbocycles. The number of sulfonamides is 1. The van der Waals surface area contributed by atoms with Gasteiger partial charge in [-0.2, -0.15) is 0 Å². The summed E-state index contributed by atoms with van der Waals surface area (Å²) < 4.78 is 26.5. The second kappa shape index (κ2) is 8.93. The van der Waals surface area contributed by atoms with E-state index in [2.05, 4.69) is 14.7 Å². The molecule has 3 rings (SSSR count). The second-order valence-electron chi connectivity index (χ2n) is 7.57. The van der Waals surface area contributed by atoms with E-state index >= 15 is 0 Å². The zero-order chi connectivity index (χ0) is 21.2. The number of nitrogens with zero attached hydrogens (tertiary/aromatic N) is 2. The molecule has 1 amide bonds. The number of H-pyrrole nitrogens is 1. The Balaban J connectivity index is 1.54. The summed E-state index contributed by atoms with van der Waals surface area (Å²) in [5.41, 5.74) is 0.804. The van der Waals surface area contributed by atoms with E-state index in [1.807, 2.05) is 20.8 Å². The third-order valence-corrected chi connectivity index (χ3v) is 8.07. The highest BCUT2D eigenvalue weighted by Crippen LogP contribution is 2.25. The summed E-state index contributed by atoms with van der Waals surface area (Å²) >= 11 is 1.49. The van der Waals surface area contributed by atoms with Crippen molar-refractivity contribution in [2.24, 2.45) is 0 Å². The number of rotatable bonds is 7. The molecule has 0 saturated carbocycles. The van der Waals surface area contributed by atoms with E-state index in [-0.39, 0.29) is 29.7 Å². The highest BCUT2D eigenvalue weighted by molar-refractivity contribution is 7.89. The quantitative estimate of drug-likeness (QED) is 0.682. The van der Waals surface area contributed by atoms with Crippen LogP contribution in [0.15, 0.2) is 4.79 Å². The molecule has 2 aromatic rings. The van der Waals surface area contributed by atoms with Crippen LogP contribution in [-0.4, -0.2) is 54.1 Å². The van der Waals surface area contributed by atoms with Crippen LogP contribution in [0, 0.1) is 13.8 Å². The molecule has 0 spiro atoms. The van der Waals surface area contributed by atoms with Crippen molar-refractivity contribution >= 4 is 37.5 Å². The van der Waals surface area contributed by atoms with E-state index in [1.54, 1.807) is 4.90 Å². The molecule has 2 N–H and O–H groups in total. The van der Waals surface area contributed by atoms with Gasteiger partial charge in [0.25, 0.3) is 5.56 Å². The van der Waals surface area contributed by atoms with Crippen LogP contribution in [0.2, 0.25) is 0 Å². The Kier molecular flexibility index (Phi) is 6.75. The normalized spacial score (nSPS) is 15.9. The van der Waals surface area contributed by atoms with Crippen LogP contribution in [0.4, 0.5) is 0 Å². The highest BCUT2D eigenvalue weighted by Gasteiger charge is 2.25. The van der Waals surface area contributed by atoms with Crippen LogP contribution in [0.5, 0.6) is 0 Å². The van der Waals surface area contributed by atoms with Gasteiger partial charge in [0.1, 0.15) is 10.7 Å². The van der Waals surface area contributed by atoms with E-state index in [0.717, 1.165) is 10.4 Å². The van der Waals surface area contributed by atoms with Crippen LogP contribution in [0.1, 0.15) is 48.9 Å². The van der Waals surface area contributed by atoms with E-state index in [1.165, 1.54) is 11.3 Å². The number of aromatic nitrogens is 2. The number of nitrogens with one attached hydrogen (secondary N) is 2. The standard InChI is InChI=1S/C19H28N4O4S2/c1-4-11-29(26,27)22-14-7-9-23(10-8-14)16(24)6-5-15-20-18(25)17-12(2)13(3)28-19(17)21-15/h14,22H,4-11H2,1-3H3,(H,20,21,25). The van der Waals surface area contributed by atoms with Gasteiger partial charge in [-0.1, -0.05) is 6.92 Å². The van der Waals surface area contributed by atoms with Gasteiger partial charge in [0.05, 0.1) is 11.1 Å². The van der Waals surface area contributed by atoms with Crippen molar-refractivity contribution < 1.29 is 13.2 Å². The number of thiophene rings is 1.